The monoisotopic (exact) mass is 292 g/mol. The highest BCUT2D eigenvalue weighted by molar-refractivity contribution is 5.85. The fourth-order valence-electron chi connectivity index (χ4n) is 1.78. The van der Waals surface area contributed by atoms with Crippen LogP contribution in [0.5, 0.6) is 0 Å². The van der Waals surface area contributed by atoms with E-state index in [0.717, 1.165) is 12.0 Å². The molecule has 0 aliphatic carbocycles. The average Bonchev–Trinajstić information content (AvgIpc) is 2.49. The number of nitrogens with one attached hydrogen (secondary N) is 2. The number of benzene rings is 1. The highest BCUT2D eigenvalue weighted by atomic mass is 16.5. The Morgan fingerprint density at radius 3 is 2.43 bits per heavy atom. The minimum absolute atomic E-state index is 0.00821. The molecule has 0 saturated heterocycles. The van der Waals surface area contributed by atoms with Gasteiger partial charge in [-0.1, -0.05) is 51.1 Å². The first-order chi connectivity index (χ1) is 10.0. The van der Waals surface area contributed by atoms with Crippen molar-refractivity contribution in [3.63, 3.8) is 0 Å². The summed E-state index contributed by atoms with van der Waals surface area (Å²) in [5, 5.41) is 5.41. The van der Waals surface area contributed by atoms with Gasteiger partial charge in [-0.2, -0.15) is 0 Å². The van der Waals surface area contributed by atoms with Crippen molar-refractivity contribution in [3.05, 3.63) is 35.9 Å². The van der Waals surface area contributed by atoms with Gasteiger partial charge in [-0.15, -0.1) is 0 Å². The molecule has 1 atom stereocenters. The Labute approximate surface area is 126 Å². The molecule has 2 amide bonds. The number of ether oxygens (including phenoxy) is 1. The summed E-state index contributed by atoms with van der Waals surface area (Å²) in [5.74, 6) is -0.186. The van der Waals surface area contributed by atoms with E-state index in [2.05, 4.69) is 10.6 Å². The Bertz CT molecular complexity index is 446. The molecule has 0 bridgehead atoms. The van der Waals surface area contributed by atoms with Gasteiger partial charge in [-0.3, -0.25) is 4.79 Å². The Morgan fingerprint density at radius 1 is 1.19 bits per heavy atom. The van der Waals surface area contributed by atoms with E-state index in [4.69, 9.17) is 4.74 Å². The van der Waals surface area contributed by atoms with Gasteiger partial charge in [0.2, 0.25) is 5.91 Å². The summed E-state index contributed by atoms with van der Waals surface area (Å²) in [7, 11) is 0. The predicted octanol–water partition coefficient (Wildman–Crippen LogP) is 2.46. The highest BCUT2D eigenvalue weighted by Crippen LogP contribution is 2.04. The smallest absolute Gasteiger partial charge is 0.408 e. The lowest BCUT2D eigenvalue weighted by atomic mass is 10.0. The van der Waals surface area contributed by atoms with Crippen LogP contribution in [-0.2, 0) is 16.1 Å². The van der Waals surface area contributed by atoms with Crippen LogP contribution in [0.4, 0.5) is 4.79 Å². The van der Waals surface area contributed by atoms with Crippen molar-refractivity contribution in [2.45, 2.75) is 39.8 Å². The maximum absolute atomic E-state index is 12.0. The minimum atomic E-state index is -0.583. The van der Waals surface area contributed by atoms with Gasteiger partial charge in [-0.05, 0) is 17.9 Å². The van der Waals surface area contributed by atoms with E-state index in [0.29, 0.717) is 6.54 Å². The molecule has 0 aliphatic rings. The second-order valence-corrected chi connectivity index (χ2v) is 5.22. The van der Waals surface area contributed by atoms with Crippen LogP contribution in [0.2, 0.25) is 0 Å². The Kier molecular flexibility index (Phi) is 7.29. The second-order valence-electron chi connectivity index (χ2n) is 5.22. The van der Waals surface area contributed by atoms with Crippen LogP contribution in [-0.4, -0.2) is 24.6 Å². The maximum Gasteiger partial charge on any atom is 0.408 e. The SMILES string of the molecule is CCCNC(=O)[C@H](NC(=O)OCc1ccccc1)C(C)C. The van der Waals surface area contributed by atoms with E-state index >= 15 is 0 Å². The normalized spacial score (nSPS) is 11.8. The van der Waals surface area contributed by atoms with Crippen LogP contribution in [0.1, 0.15) is 32.8 Å². The van der Waals surface area contributed by atoms with Crippen molar-refractivity contribution in [2.24, 2.45) is 5.92 Å². The molecular weight excluding hydrogens is 268 g/mol. The molecule has 1 aromatic carbocycles. The molecule has 0 radical (unpaired) electrons. The number of rotatable bonds is 7. The van der Waals surface area contributed by atoms with E-state index < -0.39 is 12.1 Å². The molecule has 5 nitrogen and oxygen atoms in total. The molecule has 1 aromatic rings. The molecule has 2 N–H and O–H groups in total. The largest absolute Gasteiger partial charge is 0.445 e. The van der Waals surface area contributed by atoms with Gasteiger partial charge in [0.15, 0.2) is 0 Å². The van der Waals surface area contributed by atoms with Gasteiger partial charge < -0.3 is 15.4 Å². The standard InChI is InChI=1S/C16H24N2O3/c1-4-10-17-15(19)14(12(2)3)18-16(20)21-11-13-8-6-5-7-9-13/h5-9,12,14H,4,10-11H2,1-3H3,(H,17,19)(H,18,20)/t14-/m1/s1. The lowest BCUT2D eigenvalue weighted by molar-refractivity contribution is -0.124. The Hall–Kier alpha value is -2.04. The van der Waals surface area contributed by atoms with Crippen molar-refractivity contribution < 1.29 is 14.3 Å². The molecular formula is C16H24N2O3. The third-order valence-electron chi connectivity index (χ3n) is 2.98. The zero-order chi connectivity index (χ0) is 15.7. The number of carbonyl (C=O) groups is 2. The molecule has 21 heavy (non-hydrogen) atoms. The van der Waals surface area contributed by atoms with Crippen molar-refractivity contribution in [2.75, 3.05) is 6.54 Å². The predicted molar refractivity (Wildman–Crippen MR) is 81.7 cm³/mol. The van der Waals surface area contributed by atoms with Crippen molar-refractivity contribution in [1.29, 1.82) is 0 Å². The zero-order valence-electron chi connectivity index (χ0n) is 12.9. The fraction of sp³-hybridized carbons (Fsp3) is 0.500. The van der Waals surface area contributed by atoms with Crippen molar-refractivity contribution in [1.82, 2.24) is 10.6 Å². The lowest BCUT2D eigenvalue weighted by Crippen LogP contribution is -2.49. The number of carbonyl (C=O) groups excluding carboxylic acids is 2. The topological polar surface area (TPSA) is 67.4 Å². The molecule has 0 spiro atoms. The molecule has 0 unspecified atom stereocenters. The van der Waals surface area contributed by atoms with Crippen molar-refractivity contribution >= 4 is 12.0 Å². The van der Waals surface area contributed by atoms with Crippen LogP contribution in [0.15, 0.2) is 30.3 Å². The molecule has 0 aliphatic heterocycles. The molecule has 5 heteroatoms. The second kappa shape index (κ2) is 9.00. The zero-order valence-corrected chi connectivity index (χ0v) is 12.9. The summed E-state index contributed by atoms with van der Waals surface area (Å²) in [5.41, 5.74) is 0.907. The first kappa shape index (κ1) is 17.0. The minimum Gasteiger partial charge on any atom is -0.445 e. The van der Waals surface area contributed by atoms with Crippen LogP contribution >= 0.6 is 0 Å². The van der Waals surface area contributed by atoms with E-state index in [1.54, 1.807) is 0 Å². The van der Waals surface area contributed by atoms with E-state index in [9.17, 15) is 9.59 Å². The molecule has 0 heterocycles. The third kappa shape index (κ3) is 6.29. The molecule has 116 valence electrons. The summed E-state index contributed by atoms with van der Waals surface area (Å²) in [6, 6.07) is 8.83. The quantitative estimate of drug-likeness (QED) is 0.811. The summed E-state index contributed by atoms with van der Waals surface area (Å²) < 4.78 is 5.13. The van der Waals surface area contributed by atoms with E-state index in [1.807, 2.05) is 51.1 Å². The number of alkyl carbamates (subject to hydrolysis) is 1. The average molecular weight is 292 g/mol. The summed E-state index contributed by atoms with van der Waals surface area (Å²) in [4.78, 5) is 23.8. The molecule has 1 rings (SSSR count). The number of hydrogen-bond acceptors (Lipinski definition) is 3. The van der Waals surface area contributed by atoms with Crippen LogP contribution < -0.4 is 10.6 Å². The van der Waals surface area contributed by atoms with Gasteiger partial charge in [0.25, 0.3) is 0 Å². The number of hydrogen-bond donors (Lipinski definition) is 2. The Balaban J connectivity index is 2.47. The van der Waals surface area contributed by atoms with Crippen molar-refractivity contribution in [3.8, 4) is 0 Å². The maximum atomic E-state index is 12.0. The van der Waals surface area contributed by atoms with Gasteiger partial charge in [0, 0.05) is 6.54 Å². The van der Waals surface area contributed by atoms with Gasteiger partial charge in [0.05, 0.1) is 0 Å². The fourth-order valence-corrected chi connectivity index (χ4v) is 1.78. The van der Waals surface area contributed by atoms with Crippen LogP contribution in [0.25, 0.3) is 0 Å². The molecule has 0 fully saturated rings. The third-order valence-corrected chi connectivity index (χ3v) is 2.98. The van der Waals surface area contributed by atoms with Crippen LogP contribution in [0, 0.1) is 5.92 Å². The summed E-state index contributed by atoms with van der Waals surface area (Å²) >= 11 is 0. The highest BCUT2D eigenvalue weighted by Gasteiger charge is 2.24. The van der Waals surface area contributed by atoms with Gasteiger partial charge >= 0.3 is 6.09 Å². The van der Waals surface area contributed by atoms with E-state index in [-0.39, 0.29) is 18.4 Å². The molecule has 0 aromatic heterocycles. The van der Waals surface area contributed by atoms with E-state index in [1.165, 1.54) is 0 Å². The summed E-state index contributed by atoms with van der Waals surface area (Å²) in [6.45, 7) is 6.53. The number of amides is 2. The lowest BCUT2D eigenvalue weighted by Gasteiger charge is -2.21. The van der Waals surface area contributed by atoms with Gasteiger partial charge in [-0.25, -0.2) is 4.79 Å². The first-order valence-electron chi connectivity index (χ1n) is 7.29. The summed E-state index contributed by atoms with van der Waals surface area (Å²) in [6.07, 6.45) is 0.277. The van der Waals surface area contributed by atoms with Crippen LogP contribution in [0.3, 0.4) is 0 Å². The Morgan fingerprint density at radius 2 is 1.86 bits per heavy atom. The molecule has 0 saturated carbocycles. The first-order valence-corrected chi connectivity index (χ1v) is 7.29. The van der Waals surface area contributed by atoms with Gasteiger partial charge in [0.1, 0.15) is 12.6 Å².